The number of hydrogen-bond donors (Lipinski definition) is 1. The predicted octanol–water partition coefficient (Wildman–Crippen LogP) is 3.26. The minimum Gasteiger partial charge on any atom is -0.467 e. The third-order valence-corrected chi connectivity index (χ3v) is 7.05. The lowest BCUT2D eigenvalue weighted by Gasteiger charge is -2.21. The Morgan fingerprint density at radius 3 is 2.73 bits per heavy atom. The van der Waals surface area contributed by atoms with Crippen molar-refractivity contribution >= 4 is 45.0 Å². The number of halogens is 1. The highest BCUT2D eigenvalue weighted by molar-refractivity contribution is 7.98. The first-order valence-corrected chi connectivity index (χ1v) is 12.9. The molecule has 1 aliphatic rings. The number of nitrogens with zero attached hydrogens (tertiary/aromatic N) is 1. The quantitative estimate of drug-likeness (QED) is 0.287. The zero-order chi connectivity index (χ0) is 24.0. The summed E-state index contributed by atoms with van der Waals surface area (Å²) in [5.41, 5.74) is 0.556. The molecule has 13 heteroatoms. The summed E-state index contributed by atoms with van der Waals surface area (Å²) < 4.78 is 43.8. The number of nitro groups is 1. The third-order valence-electron chi connectivity index (χ3n) is 4.67. The largest absolute Gasteiger partial charge is 0.467 e. The molecule has 0 aromatic heterocycles. The van der Waals surface area contributed by atoms with E-state index < -0.39 is 27.0 Å². The highest BCUT2D eigenvalue weighted by atomic mass is 35.5. The number of sulfonamides is 1. The molecule has 1 aliphatic heterocycles. The van der Waals surface area contributed by atoms with Gasteiger partial charge in [0.15, 0.2) is 6.79 Å². The molecule has 0 bridgehead atoms. The van der Waals surface area contributed by atoms with Gasteiger partial charge >= 0.3 is 5.97 Å². The summed E-state index contributed by atoms with van der Waals surface area (Å²) in [7, 11) is -4.02. The van der Waals surface area contributed by atoms with Gasteiger partial charge in [-0.3, -0.25) is 14.9 Å². The maximum atomic E-state index is 12.8. The number of non-ortho nitro benzene ring substituents is 1. The van der Waals surface area contributed by atoms with Crippen LogP contribution in [0.5, 0.6) is 5.75 Å². The average molecular weight is 517 g/mol. The van der Waals surface area contributed by atoms with E-state index in [1.54, 1.807) is 0 Å². The lowest BCUT2D eigenvalue weighted by molar-refractivity contribution is -0.385. The van der Waals surface area contributed by atoms with Crippen LogP contribution in [0.25, 0.3) is 0 Å². The summed E-state index contributed by atoms with van der Waals surface area (Å²) in [6.07, 6.45) is 2.01. The van der Waals surface area contributed by atoms with Crippen LogP contribution in [0.4, 0.5) is 5.69 Å². The van der Waals surface area contributed by atoms with E-state index in [-0.39, 0.29) is 37.0 Å². The van der Waals surface area contributed by atoms with Gasteiger partial charge < -0.3 is 14.2 Å². The number of hydrogen-bond acceptors (Lipinski definition) is 9. The molecule has 1 unspecified atom stereocenters. The molecule has 178 valence electrons. The van der Waals surface area contributed by atoms with Crippen molar-refractivity contribution in [1.82, 2.24) is 4.72 Å². The molecule has 0 spiro atoms. The van der Waals surface area contributed by atoms with Crippen molar-refractivity contribution in [1.29, 1.82) is 0 Å². The SMILES string of the molecule is CSCCC(NS(=O)(=O)c1ccc(Cl)cc1)C(=O)OCc1cc([N+](=O)[O-])cc2c1OCOC2. The number of nitro benzene ring substituents is 1. The number of benzene rings is 2. The Kier molecular flexibility index (Phi) is 8.54. The molecule has 1 atom stereocenters. The Morgan fingerprint density at radius 1 is 1.33 bits per heavy atom. The fraction of sp³-hybridized carbons (Fsp3) is 0.350. The smallest absolute Gasteiger partial charge is 0.324 e. The summed E-state index contributed by atoms with van der Waals surface area (Å²) >= 11 is 7.26. The fourth-order valence-electron chi connectivity index (χ4n) is 3.07. The van der Waals surface area contributed by atoms with E-state index in [9.17, 15) is 23.3 Å². The maximum Gasteiger partial charge on any atom is 0.324 e. The minimum absolute atomic E-state index is 0.0387. The Morgan fingerprint density at radius 2 is 2.06 bits per heavy atom. The predicted molar refractivity (Wildman–Crippen MR) is 122 cm³/mol. The Labute approximate surface area is 199 Å². The number of ether oxygens (including phenoxy) is 3. The highest BCUT2D eigenvalue weighted by Gasteiger charge is 2.28. The van der Waals surface area contributed by atoms with E-state index >= 15 is 0 Å². The van der Waals surface area contributed by atoms with Crippen molar-refractivity contribution in [3.8, 4) is 5.75 Å². The van der Waals surface area contributed by atoms with Crippen molar-refractivity contribution in [2.75, 3.05) is 18.8 Å². The monoisotopic (exact) mass is 516 g/mol. The molecule has 0 fully saturated rings. The molecule has 33 heavy (non-hydrogen) atoms. The van der Waals surface area contributed by atoms with E-state index in [1.807, 2.05) is 6.26 Å². The minimum atomic E-state index is -4.02. The van der Waals surface area contributed by atoms with Gasteiger partial charge in [-0.25, -0.2) is 8.42 Å². The van der Waals surface area contributed by atoms with Gasteiger partial charge in [-0.1, -0.05) is 11.6 Å². The van der Waals surface area contributed by atoms with Crippen molar-refractivity contribution in [2.24, 2.45) is 0 Å². The number of nitrogens with one attached hydrogen (secondary N) is 1. The number of carbonyl (C=O) groups excluding carboxylic acids is 1. The third kappa shape index (κ3) is 6.58. The first-order chi connectivity index (χ1) is 15.7. The lowest BCUT2D eigenvalue weighted by Crippen LogP contribution is -2.42. The number of fused-ring (bicyclic) bond motifs is 1. The number of rotatable bonds is 10. The summed E-state index contributed by atoms with van der Waals surface area (Å²) in [4.78, 5) is 23.4. The second-order valence-corrected chi connectivity index (χ2v) is 10.1. The molecule has 0 saturated heterocycles. The molecule has 3 rings (SSSR count). The molecule has 0 radical (unpaired) electrons. The van der Waals surface area contributed by atoms with Gasteiger partial charge in [0.2, 0.25) is 10.0 Å². The number of thioether (sulfide) groups is 1. The van der Waals surface area contributed by atoms with Crippen LogP contribution in [-0.2, 0) is 37.5 Å². The van der Waals surface area contributed by atoms with Crippen LogP contribution in [0, 0.1) is 10.1 Å². The molecule has 0 aliphatic carbocycles. The first-order valence-electron chi connectivity index (χ1n) is 9.65. The number of carbonyl (C=O) groups is 1. The highest BCUT2D eigenvalue weighted by Crippen LogP contribution is 2.33. The van der Waals surface area contributed by atoms with Gasteiger partial charge in [0, 0.05) is 28.3 Å². The van der Waals surface area contributed by atoms with Gasteiger partial charge in [0.1, 0.15) is 18.4 Å². The summed E-state index contributed by atoms with van der Waals surface area (Å²) in [6.45, 7) is -0.251. The Balaban J connectivity index is 1.77. The maximum absolute atomic E-state index is 12.8. The fourth-order valence-corrected chi connectivity index (χ4v) is 4.89. The first kappa shape index (κ1) is 25.2. The molecule has 1 N–H and O–H groups in total. The van der Waals surface area contributed by atoms with Gasteiger partial charge in [0.05, 0.1) is 16.4 Å². The van der Waals surface area contributed by atoms with Crippen LogP contribution in [0.2, 0.25) is 5.02 Å². The Bertz CT molecular complexity index is 1130. The van der Waals surface area contributed by atoms with Gasteiger partial charge in [-0.2, -0.15) is 16.5 Å². The van der Waals surface area contributed by atoms with Crippen molar-refractivity contribution in [3.63, 3.8) is 0 Å². The molecule has 2 aromatic rings. The molecule has 10 nitrogen and oxygen atoms in total. The van der Waals surface area contributed by atoms with Crippen LogP contribution in [0.3, 0.4) is 0 Å². The van der Waals surface area contributed by atoms with E-state index in [2.05, 4.69) is 4.72 Å². The van der Waals surface area contributed by atoms with E-state index in [4.69, 9.17) is 25.8 Å². The van der Waals surface area contributed by atoms with Crippen molar-refractivity contribution in [3.05, 3.63) is 62.7 Å². The van der Waals surface area contributed by atoms with Crippen LogP contribution in [-0.4, -0.2) is 44.2 Å². The lowest BCUT2D eigenvalue weighted by atomic mass is 10.1. The summed E-state index contributed by atoms with van der Waals surface area (Å²) in [5.74, 6) is 0.0335. The molecule has 2 aromatic carbocycles. The summed E-state index contributed by atoms with van der Waals surface area (Å²) in [6, 6.07) is 6.96. The molecule has 0 amide bonds. The molecular formula is C20H21ClN2O8S2. The van der Waals surface area contributed by atoms with E-state index in [0.717, 1.165) is 0 Å². The average Bonchev–Trinajstić information content (AvgIpc) is 2.79. The zero-order valence-electron chi connectivity index (χ0n) is 17.5. The second kappa shape index (κ2) is 11.2. The van der Waals surface area contributed by atoms with Crippen LogP contribution in [0.15, 0.2) is 41.3 Å². The number of esters is 1. The van der Waals surface area contributed by atoms with Crippen LogP contribution in [0.1, 0.15) is 17.5 Å². The van der Waals surface area contributed by atoms with Gasteiger partial charge in [-0.15, -0.1) is 0 Å². The normalized spacial score (nSPS) is 14.1. The van der Waals surface area contributed by atoms with Crippen LogP contribution < -0.4 is 9.46 Å². The van der Waals surface area contributed by atoms with E-state index in [0.29, 0.717) is 27.7 Å². The van der Waals surface area contributed by atoms with Gasteiger partial charge in [0.25, 0.3) is 5.69 Å². The molecule has 0 saturated carbocycles. The van der Waals surface area contributed by atoms with E-state index in [1.165, 1.54) is 48.2 Å². The van der Waals surface area contributed by atoms with Crippen molar-refractivity contribution in [2.45, 2.75) is 30.6 Å². The Hall–Kier alpha value is -2.38. The molecule has 1 heterocycles. The zero-order valence-corrected chi connectivity index (χ0v) is 19.9. The standard InChI is InChI=1S/C20H21ClN2O8S2/c1-32-7-6-18(22-33(27,28)17-4-2-15(21)3-5-17)20(24)30-11-14-9-16(23(25)26)8-13-10-29-12-31-19(13)14/h2-5,8-9,18,22H,6-7,10-12H2,1H3. The summed E-state index contributed by atoms with van der Waals surface area (Å²) in [5, 5.41) is 11.6. The topological polar surface area (TPSA) is 134 Å². The van der Waals surface area contributed by atoms with Crippen LogP contribution >= 0.6 is 23.4 Å². The van der Waals surface area contributed by atoms with Gasteiger partial charge in [-0.05, 0) is 42.7 Å². The van der Waals surface area contributed by atoms with Crippen molar-refractivity contribution < 1.29 is 32.3 Å². The second-order valence-electron chi connectivity index (χ2n) is 6.98. The molecular weight excluding hydrogens is 496 g/mol.